The molecule has 0 unspecified atom stereocenters. The van der Waals surface area contributed by atoms with Crippen LogP contribution in [-0.2, 0) is 0 Å². The molecule has 358 valence electrons. The van der Waals surface area contributed by atoms with Crippen LogP contribution in [0.4, 0.5) is 0 Å². The minimum absolute atomic E-state index is 0.560. The van der Waals surface area contributed by atoms with Crippen LogP contribution in [0.2, 0.25) is 0 Å². The van der Waals surface area contributed by atoms with E-state index in [1.807, 2.05) is 41.7 Å². The lowest BCUT2D eigenvalue weighted by Crippen LogP contribution is -2.00. The fraction of sp³-hybridized carbons (Fsp3) is 0. The van der Waals surface area contributed by atoms with Crippen molar-refractivity contribution in [1.82, 2.24) is 19.5 Å². The van der Waals surface area contributed by atoms with Gasteiger partial charge in [0, 0.05) is 95.0 Å². The van der Waals surface area contributed by atoms with Crippen molar-refractivity contribution >= 4 is 129 Å². The number of benzene rings is 11. The highest BCUT2D eigenvalue weighted by atomic mass is 32.1. The summed E-state index contributed by atoms with van der Waals surface area (Å²) >= 11 is 3.62. The second-order valence-corrected chi connectivity index (χ2v) is 22.0. The van der Waals surface area contributed by atoms with Crippen LogP contribution >= 0.6 is 22.7 Å². The summed E-state index contributed by atoms with van der Waals surface area (Å²) in [6.45, 7) is 0. The summed E-state index contributed by atoms with van der Waals surface area (Å²) in [5.74, 6) is 1.73. The van der Waals surface area contributed by atoms with E-state index in [9.17, 15) is 0 Å². The second-order valence-electron chi connectivity index (χ2n) is 19.8. The molecule has 0 spiro atoms. The zero-order chi connectivity index (χ0) is 50.3. The molecule has 0 radical (unpaired) electrons. The van der Waals surface area contributed by atoms with E-state index in [0.717, 1.165) is 82.8 Å². The Kier molecular flexibility index (Phi) is 9.07. The van der Waals surface area contributed by atoms with Crippen LogP contribution in [0.3, 0.4) is 0 Å². The Labute approximate surface area is 447 Å². The predicted molar refractivity (Wildman–Crippen MR) is 322 cm³/mol. The minimum Gasteiger partial charge on any atom is -0.456 e. The van der Waals surface area contributed by atoms with E-state index in [0.29, 0.717) is 17.5 Å². The summed E-state index contributed by atoms with van der Waals surface area (Å²) in [5.41, 5.74) is 14.0. The van der Waals surface area contributed by atoms with Gasteiger partial charge in [-0.1, -0.05) is 127 Å². The molecule has 0 amide bonds. The largest absolute Gasteiger partial charge is 0.456 e. The van der Waals surface area contributed by atoms with E-state index in [4.69, 9.17) is 23.8 Å². The smallest absolute Gasteiger partial charge is 0.164 e. The monoisotopic (exact) mass is 1020 g/mol. The van der Waals surface area contributed by atoms with Crippen molar-refractivity contribution in [3.05, 3.63) is 231 Å². The van der Waals surface area contributed by atoms with E-state index in [1.165, 1.54) is 67.9 Å². The van der Waals surface area contributed by atoms with Crippen LogP contribution in [0.15, 0.2) is 239 Å². The number of fused-ring (bicyclic) bond motifs is 15. The lowest BCUT2D eigenvalue weighted by atomic mass is 9.98. The maximum atomic E-state index is 6.67. The Morgan fingerprint density at radius 3 is 1.61 bits per heavy atom. The summed E-state index contributed by atoms with van der Waals surface area (Å²) in [5, 5.41) is 11.4. The normalized spacial score (nSPS) is 12.2. The molecule has 6 heterocycles. The van der Waals surface area contributed by atoms with Gasteiger partial charge in [-0.05, 0) is 125 Å². The quantitative estimate of drug-likeness (QED) is 0.166. The topological polar surface area (TPSA) is 69.9 Å². The zero-order valence-electron chi connectivity index (χ0n) is 40.9. The maximum Gasteiger partial charge on any atom is 0.164 e. The minimum atomic E-state index is 0.560. The molecular weight excluding hydrogens is 981 g/mol. The predicted octanol–water partition coefficient (Wildman–Crippen LogP) is 19.8. The van der Waals surface area contributed by atoms with Gasteiger partial charge in [0.05, 0.1) is 11.0 Å². The lowest BCUT2D eigenvalue weighted by Gasteiger charge is -2.10. The molecule has 8 heteroatoms. The number of aromatic nitrogens is 4. The molecule has 0 bridgehead atoms. The molecule has 0 saturated carbocycles. The number of rotatable bonds is 6. The molecule has 17 aromatic rings. The van der Waals surface area contributed by atoms with Gasteiger partial charge >= 0.3 is 0 Å². The molecule has 0 fully saturated rings. The molecule has 6 aromatic heterocycles. The molecule has 6 nitrogen and oxygen atoms in total. The van der Waals surface area contributed by atoms with Crippen molar-refractivity contribution < 1.29 is 8.83 Å². The number of furan rings is 2. The Bertz CT molecular complexity index is 5310. The molecule has 0 aliphatic heterocycles. The van der Waals surface area contributed by atoms with Crippen molar-refractivity contribution in [3.8, 4) is 62.1 Å². The third-order valence-corrected chi connectivity index (χ3v) is 17.8. The third-order valence-electron chi connectivity index (χ3n) is 15.5. The lowest BCUT2D eigenvalue weighted by molar-refractivity contribution is 0.668. The first-order valence-electron chi connectivity index (χ1n) is 25.7. The molecule has 77 heavy (non-hydrogen) atoms. The van der Waals surface area contributed by atoms with Crippen molar-refractivity contribution in [1.29, 1.82) is 0 Å². The van der Waals surface area contributed by atoms with Gasteiger partial charge in [-0.15, -0.1) is 22.7 Å². The number of para-hydroxylation sites is 3. The molecule has 0 N–H and O–H groups in total. The van der Waals surface area contributed by atoms with E-state index < -0.39 is 0 Å². The fourth-order valence-electron chi connectivity index (χ4n) is 11.9. The Hall–Kier alpha value is -9.73. The Balaban J connectivity index is 0.805. The highest BCUT2D eigenvalue weighted by molar-refractivity contribution is 7.26. The Morgan fingerprint density at radius 1 is 0.286 bits per heavy atom. The van der Waals surface area contributed by atoms with Gasteiger partial charge in [-0.2, -0.15) is 0 Å². The van der Waals surface area contributed by atoms with Gasteiger partial charge in [0.25, 0.3) is 0 Å². The van der Waals surface area contributed by atoms with Crippen LogP contribution in [0.25, 0.3) is 168 Å². The summed E-state index contributed by atoms with van der Waals surface area (Å²) in [4.78, 5) is 16.0. The number of thiophene rings is 2. The summed E-state index contributed by atoms with van der Waals surface area (Å²) < 4.78 is 20.4. The first-order valence-corrected chi connectivity index (χ1v) is 27.3. The standard InChI is InChI=1S/C69H38N4O2S2/c1-2-12-44(13-3-1)73-55-19-7-4-14-45(55)51-34-39(25-30-56(51)73)41-27-32-62-52(35-41)53-36-42(28-33-63(53)76-62)40-26-31-58-54(37-40)65-49(17-10-21-59(65)74-58)68-70-67(43-24-29-47-46-15-5-8-20-57(46)75-60(47)38-43)71-69(72-68)50-18-11-23-64-66(50)48-16-6-9-22-61(48)77-64/h1-38H. The molecule has 0 saturated heterocycles. The average Bonchev–Trinajstić information content (AvgIpc) is 4.32. The van der Waals surface area contributed by atoms with Gasteiger partial charge in [-0.25, -0.2) is 15.0 Å². The SMILES string of the molecule is c1ccc(-n2c3ccccc3c3cc(-c4ccc5sc6ccc(-c7ccc8oc9cccc(-c%10nc(-c%11ccc%12c(c%11)oc%11ccccc%11%12)nc(-c%11cccc%12sc%13ccccc%13c%11%12)n%10)c9c8c7)cc6c5c4)ccc32)cc1. The van der Waals surface area contributed by atoms with Gasteiger partial charge in [0.1, 0.15) is 22.3 Å². The third kappa shape index (κ3) is 6.56. The van der Waals surface area contributed by atoms with Crippen LogP contribution in [0.1, 0.15) is 0 Å². The summed E-state index contributed by atoms with van der Waals surface area (Å²) in [6.07, 6.45) is 0. The number of hydrogen-bond acceptors (Lipinski definition) is 7. The van der Waals surface area contributed by atoms with Crippen molar-refractivity contribution in [2.45, 2.75) is 0 Å². The van der Waals surface area contributed by atoms with Gasteiger partial charge in [-0.3, -0.25) is 0 Å². The van der Waals surface area contributed by atoms with Gasteiger partial charge < -0.3 is 13.4 Å². The van der Waals surface area contributed by atoms with Crippen molar-refractivity contribution in [2.75, 3.05) is 0 Å². The maximum absolute atomic E-state index is 6.67. The first kappa shape index (κ1) is 42.6. The summed E-state index contributed by atoms with van der Waals surface area (Å²) in [6, 6.07) is 82.2. The fourth-order valence-corrected chi connectivity index (χ4v) is 14.1. The van der Waals surface area contributed by atoms with E-state index in [2.05, 4.69) is 205 Å². The zero-order valence-corrected chi connectivity index (χ0v) is 42.5. The molecule has 17 rings (SSSR count). The van der Waals surface area contributed by atoms with Crippen molar-refractivity contribution in [2.24, 2.45) is 0 Å². The van der Waals surface area contributed by atoms with E-state index >= 15 is 0 Å². The first-order chi connectivity index (χ1) is 38.1. The van der Waals surface area contributed by atoms with Crippen LogP contribution in [0, 0.1) is 0 Å². The van der Waals surface area contributed by atoms with E-state index in [-0.39, 0.29) is 0 Å². The molecule has 0 atom stereocenters. The van der Waals surface area contributed by atoms with Crippen LogP contribution in [0.5, 0.6) is 0 Å². The highest BCUT2D eigenvalue weighted by Crippen LogP contribution is 2.45. The van der Waals surface area contributed by atoms with Crippen molar-refractivity contribution in [3.63, 3.8) is 0 Å². The average molecular weight is 1020 g/mol. The molecular formula is C69H38N4O2S2. The highest BCUT2D eigenvalue weighted by Gasteiger charge is 2.22. The van der Waals surface area contributed by atoms with Crippen LogP contribution in [-0.4, -0.2) is 19.5 Å². The molecule has 11 aromatic carbocycles. The van der Waals surface area contributed by atoms with Gasteiger partial charge in [0.2, 0.25) is 0 Å². The molecule has 0 aliphatic carbocycles. The molecule has 0 aliphatic rings. The number of nitrogens with zero attached hydrogens (tertiary/aromatic N) is 4. The van der Waals surface area contributed by atoms with Gasteiger partial charge in [0.15, 0.2) is 17.5 Å². The van der Waals surface area contributed by atoms with E-state index in [1.54, 1.807) is 11.3 Å². The number of hydrogen-bond donors (Lipinski definition) is 0. The van der Waals surface area contributed by atoms with Crippen LogP contribution < -0.4 is 0 Å². The second kappa shape index (κ2) is 16.4. The summed E-state index contributed by atoms with van der Waals surface area (Å²) in [7, 11) is 0. The Morgan fingerprint density at radius 2 is 0.805 bits per heavy atom.